The number of methoxy groups -OCH3 is 8. The maximum atomic E-state index is 12.8. The standard InChI is InChI=1S/C22H29O8P.C18H20O5/c1-7-28-31(23,29-8-2)30-19-13-16(11-12-18(19)24-3)9-10-17-14-20(25-4)22(27-6)21(15-17)26-5;1-20-15-8-7-12(9-14(15)19)5-6-13-10-16(21-2)18(23-4)17(11-13)22-3/h9-15H,7-8H2,1-6H3;5-11,19H,1-4H3/b10-9-;6-5-. The third-order valence-corrected chi connectivity index (χ3v) is 9.05. The van der Waals surface area contributed by atoms with E-state index in [0.29, 0.717) is 46.0 Å². The number of phosphoric ester groups is 1. The number of hydrogen-bond acceptors (Lipinski definition) is 13. The van der Waals surface area contributed by atoms with Gasteiger partial charge < -0.3 is 47.5 Å². The van der Waals surface area contributed by atoms with E-state index in [0.717, 1.165) is 22.3 Å². The second-order valence-corrected chi connectivity index (χ2v) is 12.4. The topological polar surface area (TPSA) is 139 Å². The normalized spacial score (nSPS) is 11.1. The third kappa shape index (κ3) is 11.5. The van der Waals surface area contributed by atoms with Crippen LogP contribution in [0, 0.1) is 0 Å². The molecule has 0 aromatic heterocycles. The number of phosphoric acid groups is 1. The SMILES string of the molecule is CCOP(=O)(OCC)Oc1cc(/C=C\c2cc(OC)c(OC)c(OC)c2)ccc1OC.COc1ccc(/C=C\c2cc(OC)c(OC)c(OC)c2)cc1O. The number of ether oxygens (including phenoxy) is 8. The number of aromatic hydroxyl groups is 1. The quantitative estimate of drug-likeness (QED) is 0.0762. The highest BCUT2D eigenvalue weighted by atomic mass is 31.2. The van der Waals surface area contributed by atoms with Gasteiger partial charge in [0.2, 0.25) is 11.5 Å². The van der Waals surface area contributed by atoms with Crippen molar-refractivity contribution in [3.05, 3.63) is 82.9 Å². The van der Waals surface area contributed by atoms with Gasteiger partial charge in [-0.15, -0.1) is 0 Å². The average molecular weight is 769 g/mol. The Labute approximate surface area is 317 Å². The molecule has 14 heteroatoms. The van der Waals surface area contributed by atoms with Crippen molar-refractivity contribution in [3.8, 4) is 57.5 Å². The Hall–Kier alpha value is -5.49. The molecule has 0 atom stereocenters. The van der Waals surface area contributed by atoms with Crippen molar-refractivity contribution in [2.45, 2.75) is 13.8 Å². The fourth-order valence-corrected chi connectivity index (χ4v) is 6.18. The van der Waals surface area contributed by atoms with Crippen LogP contribution in [0.1, 0.15) is 36.1 Å². The maximum Gasteiger partial charge on any atom is 0.530 e. The molecule has 4 aromatic carbocycles. The molecule has 4 rings (SSSR count). The Morgan fingerprint density at radius 2 is 0.815 bits per heavy atom. The summed E-state index contributed by atoms with van der Waals surface area (Å²) in [6.07, 6.45) is 7.51. The molecule has 0 radical (unpaired) electrons. The van der Waals surface area contributed by atoms with E-state index in [1.54, 1.807) is 80.8 Å². The van der Waals surface area contributed by atoms with E-state index in [1.165, 1.54) is 14.2 Å². The van der Waals surface area contributed by atoms with Gasteiger partial charge in [-0.2, -0.15) is 0 Å². The van der Waals surface area contributed by atoms with Crippen molar-refractivity contribution in [2.24, 2.45) is 0 Å². The summed E-state index contributed by atoms with van der Waals surface area (Å²) in [5.41, 5.74) is 3.35. The summed E-state index contributed by atoms with van der Waals surface area (Å²) >= 11 is 0. The number of phenolic OH excluding ortho intramolecular Hbond substituents is 1. The van der Waals surface area contributed by atoms with E-state index >= 15 is 0 Å². The lowest BCUT2D eigenvalue weighted by atomic mass is 10.1. The smallest absolute Gasteiger partial charge is 0.504 e. The molecular weight excluding hydrogens is 719 g/mol. The zero-order valence-corrected chi connectivity index (χ0v) is 33.2. The van der Waals surface area contributed by atoms with Gasteiger partial charge in [0.25, 0.3) is 0 Å². The van der Waals surface area contributed by atoms with Gasteiger partial charge in [0, 0.05) is 0 Å². The van der Waals surface area contributed by atoms with E-state index in [9.17, 15) is 9.67 Å². The summed E-state index contributed by atoms with van der Waals surface area (Å²) in [7, 11) is 8.65. The molecule has 0 aliphatic heterocycles. The molecule has 0 spiro atoms. The molecule has 1 N–H and O–H groups in total. The highest BCUT2D eigenvalue weighted by Crippen LogP contribution is 2.51. The molecule has 0 bridgehead atoms. The van der Waals surface area contributed by atoms with E-state index in [-0.39, 0.29) is 24.7 Å². The highest BCUT2D eigenvalue weighted by molar-refractivity contribution is 7.48. The maximum absolute atomic E-state index is 12.8. The summed E-state index contributed by atoms with van der Waals surface area (Å²) in [6, 6.07) is 17.8. The number of hydrogen-bond donors (Lipinski definition) is 1. The predicted octanol–water partition coefficient (Wildman–Crippen LogP) is 9.05. The van der Waals surface area contributed by atoms with Crippen LogP contribution in [-0.2, 0) is 13.6 Å². The lowest BCUT2D eigenvalue weighted by molar-refractivity contribution is 0.166. The summed E-state index contributed by atoms with van der Waals surface area (Å²) in [5.74, 6) is 4.54. The van der Waals surface area contributed by atoms with Gasteiger partial charge in [-0.1, -0.05) is 36.4 Å². The van der Waals surface area contributed by atoms with Gasteiger partial charge >= 0.3 is 7.82 Å². The van der Waals surface area contributed by atoms with Crippen molar-refractivity contribution < 1.29 is 61.1 Å². The summed E-state index contributed by atoms with van der Waals surface area (Å²) in [5, 5.41) is 9.81. The molecule has 4 aromatic rings. The molecule has 0 aliphatic rings. The van der Waals surface area contributed by atoms with Crippen LogP contribution in [-0.4, -0.2) is 75.2 Å². The third-order valence-electron chi connectivity index (χ3n) is 7.49. The van der Waals surface area contributed by atoms with Gasteiger partial charge in [0.1, 0.15) is 0 Å². The molecule has 0 amide bonds. The van der Waals surface area contributed by atoms with Gasteiger partial charge in [-0.3, -0.25) is 9.05 Å². The molecule has 0 fully saturated rings. The van der Waals surface area contributed by atoms with Crippen LogP contribution in [0.25, 0.3) is 24.3 Å². The fourth-order valence-electron chi connectivity index (χ4n) is 4.99. The number of phenols is 1. The zero-order chi connectivity index (χ0) is 39.7. The summed E-state index contributed by atoms with van der Waals surface area (Å²) < 4.78 is 71.2. The Morgan fingerprint density at radius 1 is 0.463 bits per heavy atom. The van der Waals surface area contributed by atoms with Gasteiger partial charge in [0.05, 0.1) is 70.1 Å². The van der Waals surface area contributed by atoms with Crippen molar-refractivity contribution >= 4 is 32.1 Å². The molecule has 0 heterocycles. The monoisotopic (exact) mass is 768 g/mol. The van der Waals surface area contributed by atoms with Crippen molar-refractivity contribution in [2.75, 3.05) is 70.1 Å². The van der Waals surface area contributed by atoms with E-state index < -0.39 is 7.82 Å². The highest BCUT2D eigenvalue weighted by Gasteiger charge is 2.29. The first-order chi connectivity index (χ1) is 26.0. The number of benzene rings is 4. The molecule has 0 unspecified atom stereocenters. The van der Waals surface area contributed by atoms with Crippen LogP contribution >= 0.6 is 7.82 Å². The lowest BCUT2D eigenvalue weighted by Crippen LogP contribution is -2.03. The second-order valence-electron chi connectivity index (χ2n) is 10.8. The Bertz CT molecular complexity index is 1860. The van der Waals surface area contributed by atoms with Crippen LogP contribution in [0.3, 0.4) is 0 Å². The molecular formula is C40H49O13P. The van der Waals surface area contributed by atoms with Crippen molar-refractivity contribution in [3.63, 3.8) is 0 Å². The molecule has 13 nitrogen and oxygen atoms in total. The molecule has 292 valence electrons. The van der Waals surface area contributed by atoms with E-state index in [1.807, 2.05) is 60.7 Å². The first-order valence-electron chi connectivity index (χ1n) is 16.7. The first-order valence-corrected chi connectivity index (χ1v) is 18.1. The average Bonchev–Trinajstić information content (AvgIpc) is 3.18. The van der Waals surface area contributed by atoms with Crippen LogP contribution < -0.4 is 42.4 Å². The Kier molecular flexibility index (Phi) is 16.9. The lowest BCUT2D eigenvalue weighted by Gasteiger charge is -2.18. The van der Waals surface area contributed by atoms with Gasteiger partial charge in [0.15, 0.2) is 46.0 Å². The number of rotatable bonds is 18. The molecule has 0 saturated heterocycles. The molecule has 0 saturated carbocycles. The Morgan fingerprint density at radius 3 is 1.17 bits per heavy atom. The van der Waals surface area contributed by atoms with E-state index in [2.05, 4.69) is 0 Å². The minimum atomic E-state index is -3.76. The van der Waals surface area contributed by atoms with Crippen LogP contribution in [0.4, 0.5) is 0 Å². The predicted molar refractivity (Wildman–Crippen MR) is 209 cm³/mol. The van der Waals surface area contributed by atoms with Gasteiger partial charge in [-0.25, -0.2) is 4.57 Å². The minimum absolute atomic E-state index is 0.0968. The van der Waals surface area contributed by atoms with Crippen LogP contribution in [0.5, 0.6) is 57.5 Å². The van der Waals surface area contributed by atoms with Crippen molar-refractivity contribution in [1.82, 2.24) is 0 Å². The summed E-state index contributed by atoms with van der Waals surface area (Å²) in [4.78, 5) is 0. The first kappa shape index (κ1) is 42.9. The van der Waals surface area contributed by atoms with Gasteiger partial charge in [-0.05, 0) is 84.6 Å². The zero-order valence-electron chi connectivity index (χ0n) is 32.3. The fraction of sp³-hybridized carbons (Fsp3) is 0.300. The minimum Gasteiger partial charge on any atom is -0.504 e. The van der Waals surface area contributed by atoms with Crippen LogP contribution in [0.15, 0.2) is 60.7 Å². The Balaban J connectivity index is 0.000000303. The van der Waals surface area contributed by atoms with Crippen molar-refractivity contribution in [1.29, 1.82) is 0 Å². The molecule has 54 heavy (non-hydrogen) atoms. The second kappa shape index (κ2) is 21.3. The summed E-state index contributed by atoms with van der Waals surface area (Å²) in [6.45, 7) is 3.78. The van der Waals surface area contributed by atoms with Crippen LogP contribution in [0.2, 0.25) is 0 Å². The molecule has 0 aliphatic carbocycles. The largest absolute Gasteiger partial charge is 0.530 e. The van der Waals surface area contributed by atoms with E-state index in [4.69, 9.17) is 51.5 Å².